The standard InChI is InChI=1S/C16H26ClNO3/c1-12(2)18-11-13-9-14(17)16(15(10-13)20-4)21-8-6-5-7-19-3/h9-10,12,18H,5-8,11H2,1-4H3. The first-order chi connectivity index (χ1) is 10.1. The largest absolute Gasteiger partial charge is 0.493 e. The molecule has 1 aromatic rings. The summed E-state index contributed by atoms with van der Waals surface area (Å²) in [5.74, 6) is 1.29. The maximum Gasteiger partial charge on any atom is 0.179 e. The normalized spacial score (nSPS) is 11.0. The molecule has 0 spiro atoms. The molecule has 0 aliphatic heterocycles. The molecule has 1 rings (SSSR count). The minimum atomic E-state index is 0.423. The van der Waals surface area contributed by atoms with Crippen LogP contribution in [-0.4, -0.2) is 33.5 Å². The third-order valence-electron chi connectivity index (χ3n) is 2.99. The molecule has 0 radical (unpaired) electrons. The van der Waals surface area contributed by atoms with Crippen LogP contribution in [0.25, 0.3) is 0 Å². The quantitative estimate of drug-likeness (QED) is 0.669. The molecule has 0 unspecified atom stereocenters. The highest BCUT2D eigenvalue weighted by Crippen LogP contribution is 2.36. The van der Waals surface area contributed by atoms with Gasteiger partial charge in [-0.1, -0.05) is 25.4 Å². The summed E-state index contributed by atoms with van der Waals surface area (Å²) in [6.45, 7) is 6.31. The summed E-state index contributed by atoms with van der Waals surface area (Å²) in [5.41, 5.74) is 1.08. The predicted octanol–water partition coefficient (Wildman–Crippen LogP) is 3.65. The Morgan fingerprint density at radius 1 is 1.14 bits per heavy atom. The predicted molar refractivity (Wildman–Crippen MR) is 86.6 cm³/mol. The lowest BCUT2D eigenvalue weighted by Gasteiger charge is -2.15. The van der Waals surface area contributed by atoms with Gasteiger partial charge in [-0.15, -0.1) is 0 Å². The molecular weight excluding hydrogens is 290 g/mol. The highest BCUT2D eigenvalue weighted by Gasteiger charge is 2.12. The molecule has 0 saturated heterocycles. The first-order valence-corrected chi connectivity index (χ1v) is 7.67. The summed E-state index contributed by atoms with van der Waals surface area (Å²) < 4.78 is 16.2. The summed E-state index contributed by atoms with van der Waals surface area (Å²) in [7, 11) is 3.33. The van der Waals surface area contributed by atoms with Crippen molar-refractivity contribution in [3.8, 4) is 11.5 Å². The van der Waals surface area contributed by atoms with Gasteiger partial charge in [0.15, 0.2) is 11.5 Å². The molecule has 0 atom stereocenters. The number of methoxy groups -OCH3 is 2. The van der Waals surface area contributed by atoms with Gasteiger partial charge in [0.2, 0.25) is 0 Å². The van der Waals surface area contributed by atoms with E-state index >= 15 is 0 Å². The number of rotatable bonds is 10. The van der Waals surface area contributed by atoms with Crippen LogP contribution in [0.3, 0.4) is 0 Å². The minimum Gasteiger partial charge on any atom is -0.493 e. The molecule has 120 valence electrons. The third-order valence-corrected chi connectivity index (χ3v) is 3.27. The van der Waals surface area contributed by atoms with Crippen LogP contribution in [0.15, 0.2) is 12.1 Å². The molecule has 21 heavy (non-hydrogen) atoms. The zero-order valence-corrected chi connectivity index (χ0v) is 14.1. The Morgan fingerprint density at radius 3 is 2.48 bits per heavy atom. The van der Waals surface area contributed by atoms with Crippen LogP contribution in [-0.2, 0) is 11.3 Å². The van der Waals surface area contributed by atoms with Gasteiger partial charge >= 0.3 is 0 Å². The lowest BCUT2D eigenvalue weighted by atomic mass is 10.2. The van der Waals surface area contributed by atoms with Gasteiger partial charge in [0.1, 0.15) is 0 Å². The number of hydrogen-bond acceptors (Lipinski definition) is 4. The molecule has 0 amide bonds. The maximum absolute atomic E-state index is 6.31. The number of hydrogen-bond donors (Lipinski definition) is 1. The SMILES string of the molecule is COCCCCOc1c(Cl)cc(CNC(C)C)cc1OC. The molecule has 5 heteroatoms. The third kappa shape index (κ3) is 6.55. The van der Waals surface area contributed by atoms with Crippen molar-refractivity contribution in [2.24, 2.45) is 0 Å². The van der Waals surface area contributed by atoms with Gasteiger partial charge in [-0.05, 0) is 30.5 Å². The molecule has 0 heterocycles. The van der Waals surface area contributed by atoms with E-state index in [0.29, 0.717) is 29.2 Å². The van der Waals surface area contributed by atoms with Gasteiger partial charge in [-0.2, -0.15) is 0 Å². The van der Waals surface area contributed by atoms with Crippen LogP contribution in [0.1, 0.15) is 32.3 Å². The van der Waals surface area contributed by atoms with Gasteiger partial charge < -0.3 is 19.5 Å². The van der Waals surface area contributed by atoms with E-state index in [1.54, 1.807) is 14.2 Å². The summed E-state index contributed by atoms with van der Waals surface area (Å²) >= 11 is 6.31. The lowest BCUT2D eigenvalue weighted by molar-refractivity contribution is 0.183. The molecule has 0 saturated carbocycles. The minimum absolute atomic E-state index is 0.423. The second kappa shape index (κ2) is 9.87. The van der Waals surface area contributed by atoms with Gasteiger partial charge in [0, 0.05) is 26.3 Å². The van der Waals surface area contributed by atoms with Gasteiger partial charge in [0.25, 0.3) is 0 Å². The van der Waals surface area contributed by atoms with Crippen LogP contribution < -0.4 is 14.8 Å². The fourth-order valence-electron chi connectivity index (χ4n) is 1.86. The van der Waals surface area contributed by atoms with E-state index in [-0.39, 0.29) is 0 Å². The zero-order chi connectivity index (χ0) is 15.7. The first kappa shape index (κ1) is 18.1. The van der Waals surface area contributed by atoms with Gasteiger partial charge in [-0.3, -0.25) is 0 Å². The number of ether oxygens (including phenoxy) is 3. The van der Waals surface area contributed by atoms with Crippen molar-refractivity contribution < 1.29 is 14.2 Å². The summed E-state index contributed by atoms with van der Waals surface area (Å²) in [6.07, 6.45) is 1.89. The zero-order valence-electron chi connectivity index (χ0n) is 13.4. The number of benzene rings is 1. The molecule has 4 nitrogen and oxygen atoms in total. The van der Waals surface area contributed by atoms with Crippen molar-refractivity contribution >= 4 is 11.6 Å². The van der Waals surface area contributed by atoms with E-state index in [1.165, 1.54) is 0 Å². The summed E-state index contributed by atoms with van der Waals surface area (Å²) in [4.78, 5) is 0. The molecule has 1 aromatic carbocycles. The molecule has 0 aromatic heterocycles. The fourth-order valence-corrected chi connectivity index (χ4v) is 2.15. The van der Waals surface area contributed by atoms with E-state index in [4.69, 9.17) is 25.8 Å². The molecule has 0 aliphatic rings. The highest BCUT2D eigenvalue weighted by atomic mass is 35.5. The van der Waals surface area contributed by atoms with Crippen LogP contribution in [0.5, 0.6) is 11.5 Å². The maximum atomic E-state index is 6.31. The van der Waals surface area contributed by atoms with E-state index in [0.717, 1.165) is 31.6 Å². The fraction of sp³-hybridized carbons (Fsp3) is 0.625. The Bertz CT molecular complexity index is 424. The molecular formula is C16H26ClNO3. The highest BCUT2D eigenvalue weighted by molar-refractivity contribution is 6.32. The molecule has 0 bridgehead atoms. The average molecular weight is 316 g/mol. The number of halogens is 1. The van der Waals surface area contributed by atoms with Crippen molar-refractivity contribution in [2.75, 3.05) is 27.4 Å². The summed E-state index contributed by atoms with van der Waals surface area (Å²) in [6, 6.07) is 4.31. The van der Waals surface area contributed by atoms with Crippen LogP contribution in [0, 0.1) is 0 Å². The Morgan fingerprint density at radius 2 is 1.86 bits per heavy atom. The average Bonchev–Trinajstić information content (AvgIpc) is 2.46. The summed E-state index contributed by atoms with van der Waals surface area (Å²) in [5, 5.41) is 3.94. The second-order valence-corrected chi connectivity index (χ2v) is 5.60. The Balaban J connectivity index is 2.66. The molecule has 1 N–H and O–H groups in total. The molecule has 0 aliphatic carbocycles. The Hall–Kier alpha value is -0.970. The van der Waals surface area contributed by atoms with Crippen molar-refractivity contribution in [1.82, 2.24) is 5.32 Å². The van der Waals surface area contributed by atoms with E-state index < -0.39 is 0 Å². The lowest BCUT2D eigenvalue weighted by Crippen LogP contribution is -2.21. The Labute approximate surface area is 132 Å². The number of unbranched alkanes of at least 4 members (excludes halogenated alkanes) is 1. The van der Waals surface area contributed by atoms with Gasteiger partial charge in [-0.25, -0.2) is 0 Å². The molecule has 0 fully saturated rings. The smallest absolute Gasteiger partial charge is 0.179 e. The Kier molecular flexibility index (Phi) is 8.50. The van der Waals surface area contributed by atoms with Gasteiger partial charge in [0.05, 0.1) is 18.7 Å². The van der Waals surface area contributed by atoms with E-state index in [1.807, 2.05) is 12.1 Å². The van der Waals surface area contributed by atoms with Crippen molar-refractivity contribution in [2.45, 2.75) is 39.3 Å². The van der Waals surface area contributed by atoms with Crippen LogP contribution >= 0.6 is 11.6 Å². The topological polar surface area (TPSA) is 39.7 Å². The van der Waals surface area contributed by atoms with E-state index in [2.05, 4.69) is 19.2 Å². The number of nitrogens with one attached hydrogen (secondary N) is 1. The first-order valence-electron chi connectivity index (χ1n) is 7.30. The van der Waals surface area contributed by atoms with Crippen molar-refractivity contribution in [3.63, 3.8) is 0 Å². The monoisotopic (exact) mass is 315 g/mol. The second-order valence-electron chi connectivity index (χ2n) is 5.19. The van der Waals surface area contributed by atoms with Crippen LogP contribution in [0.2, 0.25) is 5.02 Å². The van der Waals surface area contributed by atoms with E-state index in [9.17, 15) is 0 Å². The van der Waals surface area contributed by atoms with Crippen molar-refractivity contribution in [3.05, 3.63) is 22.7 Å². The van der Waals surface area contributed by atoms with Crippen molar-refractivity contribution in [1.29, 1.82) is 0 Å². The van der Waals surface area contributed by atoms with Crippen LogP contribution in [0.4, 0.5) is 0 Å².